The minimum atomic E-state index is 0.422. The molecule has 1 rings (SSSR count). The normalized spacial score (nSPS) is 9.56. The van der Waals surface area contributed by atoms with Gasteiger partial charge in [0.25, 0.3) is 0 Å². The van der Waals surface area contributed by atoms with Crippen molar-refractivity contribution in [2.45, 2.75) is 6.92 Å². The molecule has 0 aliphatic carbocycles. The van der Waals surface area contributed by atoms with Crippen LogP contribution < -0.4 is 0 Å². The maximum atomic E-state index is 5.65. The van der Waals surface area contributed by atoms with Gasteiger partial charge < -0.3 is 4.98 Å². The third-order valence-corrected chi connectivity index (χ3v) is 1.54. The zero-order valence-corrected chi connectivity index (χ0v) is 6.38. The summed E-state index contributed by atoms with van der Waals surface area (Å²) in [6.45, 7) is 1.86. The summed E-state index contributed by atoms with van der Waals surface area (Å²) in [7, 11) is 0. The molecule has 9 heavy (non-hydrogen) atoms. The fourth-order valence-corrected chi connectivity index (χ4v) is 0.786. The average Bonchev–Trinajstić information content (AvgIpc) is 1.80. The lowest BCUT2D eigenvalue weighted by Crippen LogP contribution is -1.84. The Morgan fingerprint density at radius 2 is 2.44 bits per heavy atom. The number of aryl methyl sites for hydroxylation is 1. The van der Waals surface area contributed by atoms with Crippen LogP contribution in [-0.4, -0.2) is 9.97 Å². The van der Waals surface area contributed by atoms with Gasteiger partial charge in [0, 0.05) is 11.8 Å². The summed E-state index contributed by atoms with van der Waals surface area (Å²) < 4.78 is 0.422. The van der Waals surface area contributed by atoms with Gasteiger partial charge in [-0.25, -0.2) is 4.98 Å². The van der Waals surface area contributed by atoms with E-state index in [1.54, 1.807) is 6.20 Å². The minimum Gasteiger partial charge on any atom is -0.321 e. The second-order valence-electron chi connectivity index (χ2n) is 1.69. The highest BCUT2D eigenvalue weighted by Gasteiger charge is 1.90. The number of H-pyrrole nitrogens is 1. The zero-order valence-electron chi connectivity index (χ0n) is 4.81. The first-order chi connectivity index (χ1) is 4.20. The average molecular weight is 161 g/mol. The molecule has 1 aromatic rings. The van der Waals surface area contributed by atoms with Gasteiger partial charge in [-0.3, -0.25) is 0 Å². The van der Waals surface area contributed by atoms with Crippen molar-refractivity contribution < 1.29 is 0 Å². The number of nitrogens with zero attached hydrogens (tertiary/aromatic N) is 1. The summed E-state index contributed by atoms with van der Waals surface area (Å²) >= 11 is 10.4. The second kappa shape index (κ2) is 2.45. The first-order valence-corrected chi connectivity index (χ1v) is 3.20. The highest BCUT2D eigenvalue weighted by atomic mass is 35.5. The zero-order chi connectivity index (χ0) is 6.85. The summed E-state index contributed by atoms with van der Waals surface area (Å²) in [4.78, 5) is 6.52. The van der Waals surface area contributed by atoms with Crippen LogP contribution in [0.5, 0.6) is 0 Å². The molecule has 1 aromatic heterocycles. The second-order valence-corrected chi connectivity index (χ2v) is 2.45. The van der Waals surface area contributed by atoms with Gasteiger partial charge in [0.2, 0.25) is 0 Å². The van der Waals surface area contributed by atoms with Gasteiger partial charge in [-0.2, -0.15) is 0 Å². The van der Waals surface area contributed by atoms with E-state index in [1.807, 2.05) is 6.92 Å². The largest absolute Gasteiger partial charge is 0.321 e. The van der Waals surface area contributed by atoms with Crippen LogP contribution in [0.3, 0.4) is 0 Å². The van der Waals surface area contributed by atoms with Crippen molar-refractivity contribution in [3.8, 4) is 0 Å². The molecule has 1 N–H and O–H groups in total. The van der Waals surface area contributed by atoms with Gasteiger partial charge in [0.05, 0.1) is 0 Å². The molecule has 2 nitrogen and oxygen atoms in total. The van der Waals surface area contributed by atoms with Gasteiger partial charge >= 0.3 is 0 Å². The fraction of sp³-hybridized carbons (Fsp3) is 0.200. The van der Waals surface area contributed by atoms with Gasteiger partial charge in [-0.05, 0) is 19.1 Å². The van der Waals surface area contributed by atoms with E-state index in [1.165, 1.54) is 0 Å². The van der Waals surface area contributed by atoms with Crippen LogP contribution in [0.1, 0.15) is 5.56 Å². The molecular weight excluding hydrogens is 156 g/mol. The summed E-state index contributed by atoms with van der Waals surface area (Å²) in [5.74, 6) is 0. The molecule has 0 unspecified atom stereocenters. The fourth-order valence-electron chi connectivity index (χ4n) is 0.437. The third kappa shape index (κ3) is 1.50. The number of nitrogens with one attached hydrogen (secondary N) is 1. The molecular formula is C5H5ClN2S. The van der Waals surface area contributed by atoms with Gasteiger partial charge in [0.1, 0.15) is 5.15 Å². The van der Waals surface area contributed by atoms with Crippen LogP contribution in [0.15, 0.2) is 6.20 Å². The van der Waals surface area contributed by atoms with Crippen molar-refractivity contribution in [2.75, 3.05) is 0 Å². The molecule has 0 bridgehead atoms. The van der Waals surface area contributed by atoms with Crippen molar-refractivity contribution in [1.29, 1.82) is 0 Å². The first kappa shape index (κ1) is 6.71. The molecule has 0 saturated heterocycles. The molecule has 0 radical (unpaired) electrons. The van der Waals surface area contributed by atoms with Crippen LogP contribution in [0.2, 0.25) is 5.15 Å². The van der Waals surface area contributed by atoms with E-state index in [0.29, 0.717) is 9.92 Å². The molecule has 0 amide bonds. The number of hydrogen-bond acceptors (Lipinski definition) is 2. The van der Waals surface area contributed by atoms with E-state index in [4.69, 9.17) is 23.8 Å². The number of aromatic nitrogens is 2. The number of hydrogen-bond donors (Lipinski definition) is 1. The van der Waals surface area contributed by atoms with Crippen molar-refractivity contribution >= 4 is 23.8 Å². The summed E-state index contributed by atoms with van der Waals surface area (Å²) in [6, 6.07) is 0. The van der Waals surface area contributed by atoms with Crippen molar-refractivity contribution in [3.63, 3.8) is 0 Å². The van der Waals surface area contributed by atoms with Gasteiger partial charge in [-0.15, -0.1) is 0 Å². The van der Waals surface area contributed by atoms with E-state index >= 15 is 0 Å². The Bertz CT molecular complexity index is 268. The molecule has 0 aliphatic heterocycles. The predicted molar refractivity (Wildman–Crippen MR) is 39.2 cm³/mol. The summed E-state index contributed by atoms with van der Waals surface area (Å²) in [5.41, 5.74) is 0.908. The topological polar surface area (TPSA) is 28.7 Å². The Morgan fingerprint density at radius 3 is 2.89 bits per heavy atom. The van der Waals surface area contributed by atoms with Crippen LogP contribution in [0, 0.1) is 11.7 Å². The van der Waals surface area contributed by atoms with E-state index < -0.39 is 0 Å². The van der Waals surface area contributed by atoms with E-state index in [9.17, 15) is 0 Å². The molecule has 48 valence electrons. The third-order valence-electron chi connectivity index (χ3n) is 0.938. The summed E-state index contributed by atoms with van der Waals surface area (Å²) in [5, 5.41) is 0.565. The highest BCUT2D eigenvalue weighted by molar-refractivity contribution is 7.71. The van der Waals surface area contributed by atoms with E-state index in [-0.39, 0.29) is 0 Å². The SMILES string of the molecule is Cc1cnc(=S)[nH]c1Cl. The van der Waals surface area contributed by atoms with Gasteiger partial charge in [0.15, 0.2) is 4.77 Å². The predicted octanol–water partition coefficient (Wildman–Crippen LogP) is 2.10. The van der Waals surface area contributed by atoms with E-state index in [2.05, 4.69) is 9.97 Å². The lowest BCUT2D eigenvalue weighted by molar-refractivity contribution is 1.10. The Kier molecular flexibility index (Phi) is 1.83. The van der Waals surface area contributed by atoms with Crippen LogP contribution in [0.25, 0.3) is 0 Å². The monoisotopic (exact) mass is 160 g/mol. The van der Waals surface area contributed by atoms with Crippen molar-refractivity contribution in [2.24, 2.45) is 0 Å². The number of aromatic amines is 1. The maximum absolute atomic E-state index is 5.65. The first-order valence-electron chi connectivity index (χ1n) is 2.41. The molecule has 0 spiro atoms. The highest BCUT2D eigenvalue weighted by Crippen LogP contribution is 2.07. The molecule has 4 heteroatoms. The summed E-state index contributed by atoms with van der Waals surface area (Å²) in [6.07, 6.45) is 1.64. The lowest BCUT2D eigenvalue weighted by Gasteiger charge is -1.92. The standard InChI is InChI=1S/C5H5ClN2S/c1-3-2-7-5(9)8-4(3)6/h2H,1H3,(H,7,8,9). The molecule has 0 saturated carbocycles. The van der Waals surface area contributed by atoms with Crippen LogP contribution in [-0.2, 0) is 0 Å². The molecule has 0 aromatic carbocycles. The quantitative estimate of drug-likeness (QED) is 0.465. The van der Waals surface area contributed by atoms with Crippen molar-refractivity contribution in [1.82, 2.24) is 9.97 Å². The Labute approximate surface area is 62.9 Å². The van der Waals surface area contributed by atoms with E-state index in [0.717, 1.165) is 5.56 Å². The Hall–Kier alpha value is -0.410. The smallest absolute Gasteiger partial charge is 0.197 e. The molecule has 0 aliphatic rings. The lowest BCUT2D eigenvalue weighted by atomic mass is 10.4. The molecule has 1 heterocycles. The maximum Gasteiger partial charge on any atom is 0.197 e. The Morgan fingerprint density at radius 1 is 1.78 bits per heavy atom. The van der Waals surface area contributed by atoms with Gasteiger partial charge in [-0.1, -0.05) is 11.6 Å². The van der Waals surface area contributed by atoms with Crippen molar-refractivity contribution in [3.05, 3.63) is 21.7 Å². The number of rotatable bonds is 0. The van der Waals surface area contributed by atoms with Crippen LogP contribution in [0.4, 0.5) is 0 Å². The number of halogens is 1. The molecule has 0 fully saturated rings. The van der Waals surface area contributed by atoms with Crippen LogP contribution >= 0.6 is 23.8 Å². The Balaban J connectivity index is 3.34. The minimum absolute atomic E-state index is 0.422. The molecule has 0 atom stereocenters.